The van der Waals surface area contributed by atoms with Crippen molar-refractivity contribution in [2.45, 2.75) is 37.1 Å². The molecule has 2 amide bonds. The lowest BCUT2D eigenvalue weighted by Crippen LogP contribution is -2.30. The number of nitrogens with one attached hydrogen (secondary N) is 2. The smallest absolute Gasteiger partial charge is 0.288 e. The number of alkyl halides is 2. The van der Waals surface area contributed by atoms with Crippen molar-refractivity contribution in [1.82, 2.24) is 14.9 Å². The molecule has 6 nitrogen and oxygen atoms in total. The van der Waals surface area contributed by atoms with E-state index in [-0.39, 0.29) is 18.4 Å². The van der Waals surface area contributed by atoms with Crippen LogP contribution in [0.2, 0.25) is 0 Å². The zero-order valence-electron chi connectivity index (χ0n) is 19.2. The number of aromatic nitrogens is 2. The van der Waals surface area contributed by atoms with E-state index in [0.717, 1.165) is 11.1 Å². The van der Waals surface area contributed by atoms with E-state index in [2.05, 4.69) is 15.6 Å². The monoisotopic (exact) mass is 494 g/mol. The Morgan fingerprint density at radius 1 is 1.00 bits per heavy atom. The van der Waals surface area contributed by atoms with Gasteiger partial charge >= 0.3 is 0 Å². The molecule has 0 saturated carbocycles. The van der Waals surface area contributed by atoms with Crippen molar-refractivity contribution >= 4 is 40.3 Å². The molecule has 35 heavy (non-hydrogen) atoms. The Labute approximate surface area is 205 Å². The quantitative estimate of drug-likeness (QED) is 0.304. The maximum Gasteiger partial charge on any atom is 0.288 e. The van der Waals surface area contributed by atoms with Gasteiger partial charge in [-0.2, -0.15) is 8.78 Å². The lowest BCUT2D eigenvalue weighted by molar-refractivity contribution is -0.116. The summed E-state index contributed by atoms with van der Waals surface area (Å²) in [5.74, 6) is -2.49. The highest BCUT2D eigenvalue weighted by molar-refractivity contribution is 7.99. The molecule has 1 heterocycles. The highest BCUT2D eigenvalue weighted by Gasteiger charge is 2.20. The number of para-hydroxylation sites is 2. The number of hydrogen-bond donors (Lipinski definition) is 2. The number of halogens is 2. The van der Waals surface area contributed by atoms with Crippen LogP contribution in [0.5, 0.6) is 0 Å². The first kappa shape index (κ1) is 24.4. The lowest BCUT2D eigenvalue weighted by Gasteiger charge is -2.16. The van der Waals surface area contributed by atoms with Gasteiger partial charge < -0.3 is 15.2 Å². The normalized spacial score (nSPS) is 12.0. The van der Waals surface area contributed by atoms with Crippen LogP contribution < -0.4 is 10.6 Å². The first-order valence-electron chi connectivity index (χ1n) is 11.0. The topological polar surface area (TPSA) is 76.0 Å². The fourth-order valence-electron chi connectivity index (χ4n) is 3.70. The molecular formula is C26H24F2N4O2S. The zero-order valence-corrected chi connectivity index (χ0v) is 20.0. The van der Waals surface area contributed by atoms with Gasteiger partial charge in [0.2, 0.25) is 5.91 Å². The average Bonchev–Trinajstić information content (AvgIpc) is 3.19. The van der Waals surface area contributed by atoms with Crippen molar-refractivity contribution < 1.29 is 18.4 Å². The van der Waals surface area contributed by atoms with Crippen molar-refractivity contribution in [1.29, 1.82) is 0 Å². The van der Waals surface area contributed by atoms with Crippen LogP contribution in [0, 0.1) is 6.92 Å². The number of carbonyl (C=O) groups excluding carboxylic acids is 2. The predicted octanol–water partition coefficient (Wildman–Crippen LogP) is 5.79. The molecule has 4 aromatic rings. The third-order valence-electron chi connectivity index (χ3n) is 5.40. The number of rotatable bonds is 8. The molecule has 1 atom stereocenters. The summed E-state index contributed by atoms with van der Waals surface area (Å²) in [5.41, 5.74) is 3.57. The minimum atomic E-state index is -2.50. The van der Waals surface area contributed by atoms with Gasteiger partial charge in [-0.15, -0.1) is 0 Å². The van der Waals surface area contributed by atoms with E-state index >= 15 is 0 Å². The number of benzene rings is 3. The van der Waals surface area contributed by atoms with Crippen molar-refractivity contribution in [3.8, 4) is 0 Å². The second-order valence-electron chi connectivity index (χ2n) is 8.06. The molecular weight excluding hydrogens is 470 g/mol. The van der Waals surface area contributed by atoms with E-state index in [9.17, 15) is 18.4 Å². The van der Waals surface area contributed by atoms with Crippen molar-refractivity contribution in [3.05, 3.63) is 89.7 Å². The maximum atomic E-state index is 12.9. The standard InChI is InChI=1S/C26H24F2N4O2S/c1-16-7-9-18(10-8-16)25(34)29-17(2)24-31-21-5-3-4-6-22(21)32(24)15-23(33)30-19-11-13-20(14-12-19)35-26(27)28/h3-14,17,26H,15H2,1-2H3,(H,29,34)(H,30,33)/t17-/m1/s1. The van der Waals surface area contributed by atoms with Crippen LogP contribution >= 0.6 is 11.8 Å². The van der Waals surface area contributed by atoms with Crippen LogP contribution in [0.1, 0.15) is 34.7 Å². The minimum Gasteiger partial charge on any atom is -0.342 e. The molecule has 0 radical (unpaired) electrons. The Kier molecular flexibility index (Phi) is 7.45. The van der Waals surface area contributed by atoms with Crippen LogP contribution in [0.3, 0.4) is 0 Å². The number of anilines is 1. The number of amides is 2. The molecule has 0 aliphatic heterocycles. The van der Waals surface area contributed by atoms with Crippen LogP contribution in [0.15, 0.2) is 77.7 Å². The zero-order chi connectivity index (χ0) is 24.9. The van der Waals surface area contributed by atoms with Crippen molar-refractivity contribution in [3.63, 3.8) is 0 Å². The van der Waals surface area contributed by atoms with E-state index in [4.69, 9.17) is 0 Å². The SMILES string of the molecule is Cc1ccc(C(=O)N[C@H](C)c2nc3ccccc3n2CC(=O)Nc2ccc(SC(F)F)cc2)cc1. The van der Waals surface area contributed by atoms with Gasteiger partial charge in [-0.05, 0) is 62.4 Å². The van der Waals surface area contributed by atoms with E-state index in [1.54, 1.807) is 28.8 Å². The fourth-order valence-corrected chi connectivity index (χ4v) is 4.20. The number of nitrogens with zero attached hydrogens (tertiary/aromatic N) is 2. The summed E-state index contributed by atoms with van der Waals surface area (Å²) in [6, 6.07) is 20.5. The van der Waals surface area contributed by atoms with Crippen LogP contribution in [0.4, 0.5) is 14.5 Å². The summed E-state index contributed by atoms with van der Waals surface area (Å²) < 4.78 is 26.8. The molecule has 1 aromatic heterocycles. The largest absolute Gasteiger partial charge is 0.342 e. The number of thioether (sulfide) groups is 1. The summed E-state index contributed by atoms with van der Waals surface area (Å²) in [5, 5.41) is 5.75. The van der Waals surface area contributed by atoms with Gasteiger partial charge in [0.1, 0.15) is 12.4 Å². The van der Waals surface area contributed by atoms with E-state index in [1.165, 1.54) is 12.1 Å². The molecule has 9 heteroatoms. The van der Waals surface area contributed by atoms with Gasteiger partial charge in [0.25, 0.3) is 11.7 Å². The first-order valence-corrected chi connectivity index (χ1v) is 11.9. The second-order valence-corrected chi connectivity index (χ2v) is 9.12. The van der Waals surface area contributed by atoms with Crippen LogP contribution in [-0.2, 0) is 11.3 Å². The molecule has 0 fully saturated rings. The van der Waals surface area contributed by atoms with Gasteiger partial charge in [0, 0.05) is 16.1 Å². The summed E-state index contributed by atoms with van der Waals surface area (Å²) in [7, 11) is 0. The number of carbonyl (C=O) groups is 2. The number of hydrogen-bond acceptors (Lipinski definition) is 4. The van der Waals surface area contributed by atoms with Crippen molar-refractivity contribution in [2.24, 2.45) is 0 Å². The molecule has 0 aliphatic carbocycles. The van der Waals surface area contributed by atoms with Gasteiger partial charge in [0.05, 0.1) is 17.1 Å². The maximum absolute atomic E-state index is 12.9. The number of aryl methyl sites for hydroxylation is 1. The third-order valence-corrected chi connectivity index (χ3v) is 6.12. The fraction of sp³-hybridized carbons (Fsp3) is 0.192. The average molecular weight is 495 g/mol. The minimum absolute atomic E-state index is 0.0336. The van der Waals surface area contributed by atoms with Crippen molar-refractivity contribution in [2.75, 3.05) is 5.32 Å². The Morgan fingerprint density at radius 3 is 2.37 bits per heavy atom. The molecule has 3 aromatic carbocycles. The number of fused-ring (bicyclic) bond motifs is 1. The highest BCUT2D eigenvalue weighted by atomic mass is 32.2. The summed E-state index contributed by atoms with van der Waals surface area (Å²) in [6.45, 7) is 3.74. The Hall–Kier alpha value is -3.72. The molecule has 180 valence electrons. The van der Waals surface area contributed by atoms with Gasteiger partial charge in [0.15, 0.2) is 0 Å². The molecule has 0 saturated heterocycles. The summed E-state index contributed by atoms with van der Waals surface area (Å²) in [4.78, 5) is 30.7. The Balaban J connectivity index is 1.52. The first-order chi connectivity index (χ1) is 16.8. The van der Waals surface area contributed by atoms with Gasteiger partial charge in [-0.1, -0.05) is 41.6 Å². The highest BCUT2D eigenvalue weighted by Crippen LogP contribution is 2.26. The number of imidazole rings is 1. The van der Waals surface area contributed by atoms with Gasteiger partial charge in [-0.3, -0.25) is 9.59 Å². The van der Waals surface area contributed by atoms with Crippen LogP contribution in [-0.4, -0.2) is 27.1 Å². The molecule has 0 spiro atoms. The molecule has 0 aliphatic rings. The molecule has 4 rings (SSSR count). The van der Waals surface area contributed by atoms with Gasteiger partial charge in [-0.25, -0.2) is 4.98 Å². The third kappa shape index (κ3) is 6.05. The summed E-state index contributed by atoms with van der Waals surface area (Å²) in [6.07, 6.45) is 0. The van der Waals surface area contributed by atoms with E-state index in [0.29, 0.717) is 39.2 Å². The van der Waals surface area contributed by atoms with Crippen LogP contribution in [0.25, 0.3) is 11.0 Å². The predicted molar refractivity (Wildman–Crippen MR) is 134 cm³/mol. The van der Waals surface area contributed by atoms with E-state index in [1.807, 2.05) is 50.2 Å². The second kappa shape index (κ2) is 10.7. The Morgan fingerprint density at radius 2 is 1.69 bits per heavy atom. The Bertz CT molecular complexity index is 1340. The summed E-state index contributed by atoms with van der Waals surface area (Å²) >= 11 is 0.447. The van der Waals surface area contributed by atoms with E-state index < -0.39 is 11.8 Å². The lowest BCUT2D eigenvalue weighted by atomic mass is 10.1. The molecule has 2 N–H and O–H groups in total. The molecule has 0 bridgehead atoms. The molecule has 0 unspecified atom stereocenters.